The van der Waals surface area contributed by atoms with E-state index in [4.69, 9.17) is 4.74 Å². The van der Waals surface area contributed by atoms with Gasteiger partial charge in [0.05, 0.1) is 42.9 Å². The molecule has 2 aliphatic heterocycles. The molecular weight excluding hydrogens is 367 g/mol. The first-order valence-electron chi connectivity index (χ1n) is 9.14. The molecule has 1 aromatic carbocycles. The van der Waals surface area contributed by atoms with E-state index in [2.05, 4.69) is 15.5 Å². The molecule has 3 heterocycles. The molecule has 10 heteroatoms. The van der Waals surface area contributed by atoms with Gasteiger partial charge in [-0.1, -0.05) is 0 Å². The van der Waals surface area contributed by atoms with E-state index < -0.39 is 18.0 Å². The van der Waals surface area contributed by atoms with E-state index in [0.717, 1.165) is 6.42 Å². The highest BCUT2D eigenvalue weighted by atomic mass is 19.1. The minimum absolute atomic E-state index is 0.108. The van der Waals surface area contributed by atoms with Crippen LogP contribution in [0.1, 0.15) is 19.4 Å². The highest BCUT2D eigenvalue weighted by molar-refractivity contribution is 5.90. The molecule has 148 valence electrons. The molecule has 2 atom stereocenters. The standard InChI is InChI=1S/C18H21FN6O3/c1-12(26)20-9-15-11-24(18(27)28-15)13-2-3-17(16(19)8-13)23-7-4-14(10-23)25-21-5-6-22-25/h2-3,5-6,8,14-15H,4,7,9-11H2,1H3,(H,20,26)/t14-,15-/m0/s1. The first-order valence-corrected chi connectivity index (χ1v) is 9.14. The summed E-state index contributed by atoms with van der Waals surface area (Å²) in [6.07, 6.45) is 3.09. The van der Waals surface area contributed by atoms with Gasteiger partial charge < -0.3 is 15.0 Å². The molecule has 1 aromatic heterocycles. The van der Waals surface area contributed by atoms with Gasteiger partial charge in [0.2, 0.25) is 5.91 Å². The van der Waals surface area contributed by atoms with E-state index in [-0.39, 0.29) is 25.0 Å². The Kier molecular flexibility index (Phi) is 4.84. The Morgan fingerprint density at radius 3 is 2.82 bits per heavy atom. The summed E-state index contributed by atoms with van der Waals surface area (Å²) in [5, 5.41) is 10.9. The number of aromatic nitrogens is 3. The van der Waals surface area contributed by atoms with Gasteiger partial charge in [0.15, 0.2) is 0 Å². The van der Waals surface area contributed by atoms with Crippen LogP contribution in [0.5, 0.6) is 0 Å². The van der Waals surface area contributed by atoms with E-state index in [1.54, 1.807) is 29.3 Å². The number of nitrogens with one attached hydrogen (secondary N) is 1. The van der Waals surface area contributed by atoms with Crippen LogP contribution in [0, 0.1) is 5.82 Å². The fraction of sp³-hybridized carbons (Fsp3) is 0.444. The molecule has 0 radical (unpaired) electrons. The summed E-state index contributed by atoms with van der Waals surface area (Å²) in [5.74, 6) is -0.594. The Morgan fingerprint density at radius 1 is 1.32 bits per heavy atom. The Morgan fingerprint density at radius 2 is 2.11 bits per heavy atom. The summed E-state index contributed by atoms with van der Waals surface area (Å²) in [7, 11) is 0. The van der Waals surface area contributed by atoms with Crippen LogP contribution in [0.4, 0.5) is 20.6 Å². The van der Waals surface area contributed by atoms with Gasteiger partial charge in [-0.05, 0) is 24.6 Å². The predicted molar refractivity (Wildman–Crippen MR) is 98.6 cm³/mol. The molecule has 28 heavy (non-hydrogen) atoms. The number of anilines is 2. The van der Waals surface area contributed by atoms with E-state index in [0.29, 0.717) is 24.5 Å². The molecular formula is C18H21FN6O3. The first-order chi connectivity index (χ1) is 13.5. The number of nitrogens with zero attached hydrogens (tertiary/aromatic N) is 5. The third-order valence-electron chi connectivity index (χ3n) is 4.96. The van der Waals surface area contributed by atoms with Crippen molar-refractivity contribution >= 4 is 23.4 Å². The monoisotopic (exact) mass is 388 g/mol. The average Bonchev–Trinajstić information content (AvgIpc) is 3.40. The van der Waals surface area contributed by atoms with Crippen molar-refractivity contribution in [2.75, 3.05) is 36.0 Å². The molecule has 0 aliphatic carbocycles. The number of benzene rings is 1. The zero-order chi connectivity index (χ0) is 19.7. The van der Waals surface area contributed by atoms with Crippen molar-refractivity contribution in [2.45, 2.75) is 25.5 Å². The van der Waals surface area contributed by atoms with Crippen molar-refractivity contribution in [1.82, 2.24) is 20.3 Å². The van der Waals surface area contributed by atoms with E-state index in [1.165, 1.54) is 17.9 Å². The van der Waals surface area contributed by atoms with Crippen LogP contribution in [-0.2, 0) is 9.53 Å². The molecule has 0 saturated carbocycles. The number of cyclic esters (lactones) is 1. The van der Waals surface area contributed by atoms with E-state index >= 15 is 0 Å². The molecule has 2 saturated heterocycles. The van der Waals surface area contributed by atoms with Crippen molar-refractivity contribution in [1.29, 1.82) is 0 Å². The van der Waals surface area contributed by atoms with Gasteiger partial charge in [0, 0.05) is 20.0 Å². The number of amides is 2. The van der Waals surface area contributed by atoms with Crippen molar-refractivity contribution in [2.24, 2.45) is 0 Å². The molecule has 4 rings (SSSR count). The van der Waals surface area contributed by atoms with Gasteiger partial charge >= 0.3 is 6.09 Å². The second-order valence-corrected chi connectivity index (χ2v) is 6.93. The molecule has 2 amide bonds. The van der Waals surface area contributed by atoms with Crippen LogP contribution in [0.25, 0.3) is 0 Å². The summed E-state index contributed by atoms with van der Waals surface area (Å²) in [4.78, 5) is 28.1. The van der Waals surface area contributed by atoms with Gasteiger partial charge in [-0.2, -0.15) is 15.0 Å². The van der Waals surface area contributed by atoms with Crippen LogP contribution >= 0.6 is 0 Å². The lowest BCUT2D eigenvalue weighted by molar-refractivity contribution is -0.119. The highest BCUT2D eigenvalue weighted by Crippen LogP contribution is 2.31. The molecule has 2 aromatic rings. The van der Waals surface area contributed by atoms with Crippen LogP contribution < -0.4 is 15.1 Å². The Hall–Kier alpha value is -3.17. The Bertz CT molecular complexity index is 874. The number of rotatable bonds is 5. The maximum atomic E-state index is 14.8. The minimum Gasteiger partial charge on any atom is -0.442 e. The number of carbonyl (C=O) groups is 2. The van der Waals surface area contributed by atoms with Crippen LogP contribution in [0.2, 0.25) is 0 Å². The Labute approximate surface area is 161 Å². The molecule has 0 unspecified atom stereocenters. The Balaban J connectivity index is 1.43. The normalized spacial score (nSPS) is 21.9. The molecule has 1 N–H and O–H groups in total. The summed E-state index contributed by atoms with van der Waals surface area (Å²) in [5.41, 5.74) is 0.918. The predicted octanol–water partition coefficient (Wildman–Crippen LogP) is 1.33. The van der Waals surface area contributed by atoms with E-state index in [1.807, 2.05) is 4.90 Å². The average molecular weight is 388 g/mol. The zero-order valence-corrected chi connectivity index (χ0v) is 15.4. The number of halogens is 1. The SMILES string of the molecule is CC(=O)NC[C@H]1CN(c2ccc(N3CC[C@H](n4nccn4)C3)c(F)c2)C(=O)O1. The topological polar surface area (TPSA) is 92.6 Å². The fourth-order valence-corrected chi connectivity index (χ4v) is 3.58. The summed E-state index contributed by atoms with van der Waals surface area (Å²) >= 11 is 0. The lowest BCUT2D eigenvalue weighted by atomic mass is 10.2. The van der Waals surface area contributed by atoms with Crippen LogP contribution in [-0.4, -0.2) is 59.3 Å². The maximum absolute atomic E-state index is 14.8. The number of carbonyl (C=O) groups excluding carboxylic acids is 2. The van der Waals surface area contributed by atoms with Gasteiger partial charge in [0.1, 0.15) is 11.9 Å². The highest BCUT2D eigenvalue weighted by Gasteiger charge is 2.33. The minimum atomic E-state index is -0.548. The lowest BCUT2D eigenvalue weighted by Crippen LogP contribution is -2.33. The molecule has 9 nitrogen and oxygen atoms in total. The smallest absolute Gasteiger partial charge is 0.414 e. The summed E-state index contributed by atoms with van der Waals surface area (Å²) in [6, 6.07) is 4.84. The second kappa shape index (κ2) is 7.45. The summed E-state index contributed by atoms with van der Waals surface area (Å²) in [6.45, 7) is 3.21. The number of hydrogen-bond donors (Lipinski definition) is 1. The third-order valence-corrected chi connectivity index (χ3v) is 4.96. The summed E-state index contributed by atoms with van der Waals surface area (Å²) < 4.78 is 20.0. The van der Waals surface area contributed by atoms with Crippen molar-refractivity contribution < 1.29 is 18.7 Å². The quantitative estimate of drug-likeness (QED) is 0.831. The van der Waals surface area contributed by atoms with Crippen LogP contribution in [0.3, 0.4) is 0 Å². The lowest BCUT2D eigenvalue weighted by Gasteiger charge is -2.21. The van der Waals surface area contributed by atoms with Gasteiger partial charge in [-0.15, -0.1) is 0 Å². The van der Waals surface area contributed by atoms with Gasteiger partial charge in [0.25, 0.3) is 0 Å². The van der Waals surface area contributed by atoms with Crippen LogP contribution in [0.15, 0.2) is 30.6 Å². The molecule has 0 spiro atoms. The largest absolute Gasteiger partial charge is 0.442 e. The van der Waals surface area contributed by atoms with E-state index in [9.17, 15) is 14.0 Å². The second-order valence-electron chi connectivity index (χ2n) is 6.93. The third kappa shape index (κ3) is 3.62. The van der Waals surface area contributed by atoms with Gasteiger partial charge in [-0.25, -0.2) is 9.18 Å². The maximum Gasteiger partial charge on any atom is 0.414 e. The first kappa shape index (κ1) is 18.2. The molecule has 0 bridgehead atoms. The fourth-order valence-electron chi connectivity index (χ4n) is 3.58. The van der Waals surface area contributed by atoms with Crippen molar-refractivity contribution in [3.05, 3.63) is 36.4 Å². The van der Waals surface area contributed by atoms with Crippen molar-refractivity contribution in [3.63, 3.8) is 0 Å². The number of ether oxygens (including phenoxy) is 1. The van der Waals surface area contributed by atoms with Gasteiger partial charge in [-0.3, -0.25) is 9.69 Å². The van der Waals surface area contributed by atoms with Crippen molar-refractivity contribution in [3.8, 4) is 0 Å². The molecule has 2 fully saturated rings. The molecule has 2 aliphatic rings. The zero-order valence-electron chi connectivity index (χ0n) is 15.4. The number of hydrogen-bond acceptors (Lipinski definition) is 6.